The normalized spacial score (nSPS) is 10.3. The highest BCUT2D eigenvalue weighted by molar-refractivity contribution is 5.94. The highest BCUT2D eigenvalue weighted by atomic mass is 19.1. The van der Waals surface area contributed by atoms with Crippen molar-refractivity contribution in [3.63, 3.8) is 0 Å². The summed E-state index contributed by atoms with van der Waals surface area (Å²) in [7, 11) is 1.71. The van der Waals surface area contributed by atoms with E-state index >= 15 is 0 Å². The summed E-state index contributed by atoms with van der Waals surface area (Å²) >= 11 is 0. The van der Waals surface area contributed by atoms with E-state index in [1.807, 2.05) is 0 Å². The number of nitrogens with zero attached hydrogens (tertiary/aromatic N) is 1. The van der Waals surface area contributed by atoms with Gasteiger partial charge in [0.2, 0.25) is 0 Å². The van der Waals surface area contributed by atoms with Gasteiger partial charge in [-0.2, -0.15) is 0 Å². The second-order valence-corrected chi connectivity index (χ2v) is 4.69. The minimum absolute atomic E-state index is 0.0960. The number of halogens is 1. The predicted molar refractivity (Wildman–Crippen MR) is 77.9 cm³/mol. The zero-order chi connectivity index (χ0) is 14.5. The van der Waals surface area contributed by atoms with E-state index in [0.29, 0.717) is 29.8 Å². The summed E-state index contributed by atoms with van der Waals surface area (Å²) < 4.78 is 13.5. The average molecular weight is 272 g/mol. The van der Waals surface area contributed by atoms with Gasteiger partial charge < -0.3 is 10.6 Å². The molecule has 0 saturated carbocycles. The third kappa shape index (κ3) is 3.35. The molecule has 1 amide bonds. The first-order valence-corrected chi connectivity index (χ1v) is 6.42. The minimum Gasteiger partial charge on any atom is -0.399 e. The van der Waals surface area contributed by atoms with Gasteiger partial charge in [0.15, 0.2) is 0 Å². The lowest BCUT2D eigenvalue weighted by Crippen LogP contribution is -2.29. The number of amides is 1. The molecule has 104 valence electrons. The molecule has 0 aliphatic rings. The van der Waals surface area contributed by atoms with Gasteiger partial charge in [-0.05, 0) is 42.3 Å². The SMILES string of the molecule is CN(CCc1ccccc1F)C(=O)c1ccc(N)cc1. The number of hydrogen-bond acceptors (Lipinski definition) is 2. The van der Waals surface area contributed by atoms with E-state index < -0.39 is 0 Å². The standard InChI is InChI=1S/C16H17FN2O/c1-19(11-10-12-4-2-3-5-15(12)17)16(20)13-6-8-14(18)9-7-13/h2-9H,10-11,18H2,1H3. The van der Waals surface area contributed by atoms with Crippen molar-refractivity contribution in [1.82, 2.24) is 4.90 Å². The highest BCUT2D eigenvalue weighted by Gasteiger charge is 2.12. The van der Waals surface area contributed by atoms with Crippen molar-refractivity contribution in [3.05, 3.63) is 65.5 Å². The largest absolute Gasteiger partial charge is 0.399 e. The molecule has 20 heavy (non-hydrogen) atoms. The van der Waals surface area contributed by atoms with E-state index in [0.717, 1.165) is 0 Å². The quantitative estimate of drug-likeness (QED) is 0.870. The summed E-state index contributed by atoms with van der Waals surface area (Å²) in [4.78, 5) is 13.7. The fourth-order valence-corrected chi connectivity index (χ4v) is 1.94. The third-order valence-electron chi connectivity index (χ3n) is 3.18. The van der Waals surface area contributed by atoms with E-state index in [4.69, 9.17) is 5.73 Å². The second-order valence-electron chi connectivity index (χ2n) is 4.69. The Morgan fingerprint density at radius 2 is 1.80 bits per heavy atom. The van der Waals surface area contributed by atoms with E-state index in [-0.39, 0.29) is 11.7 Å². The molecule has 0 aliphatic heterocycles. The Labute approximate surface area is 117 Å². The number of anilines is 1. The smallest absolute Gasteiger partial charge is 0.253 e. The van der Waals surface area contributed by atoms with Crippen LogP contribution in [0.5, 0.6) is 0 Å². The molecule has 4 heteroatoms. The molecule has 0 radical (unpaired) electrons. The van der Waals surface area contributed by atoms with Gasteiger partial charge in [-0.25, -0.2) is 4.39 Å². The van der Waals surface area contributed by atoms with Crippen LogP contribution in [0.4, 0.5) is 10.1 Å². The molecule has 0 atom stereocenters. The van der Waals surface area contributed by atoms with Crippen molar-refractivity contribution in [1.29, 1.82) is 0 Å². The number of carbonyl (C=O) groups excluding carboxylic acids is 1. The highest BCUT2D eigenvalue weighted by Crippen LogP contribution is 2.10. The Hall–Kier alpha value is -2.36. The predicted octanol–water partition coefficient (Wildman–Crippen LogP) is 2.72. The molecule has 0 fully saturated rings. The van der Waals surface area contributed by atoms with Gasteiger partial charge in [0.05, 0.1) is 0 Å². The van der Waals surface area contributed by atoms with Crippen LogP contribution in [0.1, 0.15) is 15.9 Å². The van der Waals surface area contributed by atoms with Gasteiger partial charge in [-0.3, -0.25) is 4.79 Å². The van der Waals surface area contributed by atoms with E-state index in [2.05, 4.69) is 0 Å². The molecule has 2 rings (SSSR count). The molecule has 0 heterocycles. The Kier molecular flexibility index (Phi) is 4.35. The molecule has 0 bridgehead atoms. The maximum atomic E-state index is 13.5. The van der Waals surface area contributed by atoms with Crippen LogP contribution in [0.15, 0.2) is 48.5 Å². The lowest BCUT2D eigenvalue weighted by Gasteiger charge is -2.17. The zero-order valence-electron chi connectivity index (χ0n) is 11.3. The van der Waals surface area contributed by atoms with Crippen LogP contribution in [0, 0.1) is 5.82 Å². The van der Waals surface area contributed by atoms with Gasteiger partial charge >= 0.3 is 0 Å². The van der Waals surface area contributed by atoms with Crippen molar-refractivity contribution in [2.75, 3.05) is 19.3 Å². The summed E-state index contributed by atoms with van der Waals surface area (Å²) in [6, 6.07) is 13.4. The van der Waals surface area contributed by atoms with Crippen LogP contribution >= 0.6 is 0 Å². The lowest BCUT2D eigenvalue weighted by atomic mass is 10.1. The summed E-state index contributed by atoms with van der Waals surface area (Å²) in [5, 5.41) is 0. The first kappa shape index (κ1) is 14.1. The molecule has 0 aromatic heterocycles. The maximum absolute atomic E-state index is 13.5. The molecular weight excluding hydrogens is 255 g/mol. The van der Waals surface area contributed by atoms with E-state index in [9.17, 15) is 9.18 Å². The van der Waals surface area contributed by atoms with Gasteiger partial charge in [-0.15, -0.1) is 0 Å². The molecule has 3 nitrogen and oxygen atoms in total. The molecule has 0 unspecified atom stereocenters. The van der Waals surface area contributed by atoms with E-state index in [1.165, 1.54) is 6.07 Å². The van der Waals surface area contributed by atoms with Crippen LogP contribution in [0.25, 0.3) is 0 Å². The van der Waals surface area contributed by atoms with Crippen LogP contribution < -0.4 is 5.73 Å². The number of benzene rings is 2. The van der Waals surface area contributed by atoms with Crippen LogP contribution in [0.2, 0.25) is 0 Å². The van der Waals surface area contributed by atoms with Crippen molar-refractivity contribution in [3.8, 4) is 0 Å². The summed E-state index contributed by atoms with van der Waals surface area (Å²) in [5.74, 6) is -0.331. The van der Waals surface area contributed by atoms with Crippen molar-refractivity contribution in [2.24, 2.45) is 0 Å². The number of likely N-dealkylation sites (N-methyl/N-ethyl adjacent to an activating group) is 1. The maximum Gasteiger partial charge on any atom is 0.253 e. The van der Waals surface area contributed by atoms with E-state index in [1.54, 1.807) is 54.4 Å². The Balaban J connectivity index is 1.98. The lowest BCUT2D eigenvalue weighted by molar-refractivity contribution is 0.0796. The van der Waals surface area contributed by atoms with Crippen molar-refractivity contribution < 1.29 is 9.18 Å². The third-order valence-corrected chi connectivity index (χ3v) is 3.18. The van der Waals surface area contributed by atoms with Crippen molar-refractivity contribution in [2.45, 2.75) is 6.42 Å². The second kappa shape index (κ2) is 6.19. The molecule has 0 saturated heterocycles. The van der Waals surface area contributed by atoms with Crippen LogP contribution in [0.3, 0.4) is 0 Å². The minimum atomic E-state index is -0.235. The van der Waals surface area contributed by atoms with Crippen LogP contribution in [-0.4, -0.2) is 24.4 Å². The fourth-order valence-electron chi connectivity index (χ4n) is 1.94. The van der Waals surface area contributed by atoms with Crippen LogP contribution in [-0.2, 0) is 6.42 Å². The molecule has 2 aromatic carbocycles. The van der Waals surface area contributed by atoms with Crippen molar-refractivity contribution >= 4 is 11.6 Å². The summed E-state index contributed by atoms with van der Waals surface area (Å²) in [5.41, 5.74) is 7.40. The number of nitrogens with two attached hydrogens (primary N) is 1. The first-order chi connectivity index (χ1) is 9.58. The Morgan fingerprint density at radius 3 is 2.45 bits per heavy atom. The molecule has 0 aliphatic carbocycles. The molecule has 2 aromatic rings. The number of nitrogen functional groups attached to an aromatic ring is 1. The van der Waals surface area contributed by atoms with Gasteiger partial charge in [-0.1, -0.05) is 18.2 Å². The molecule has 2 N–H and O–H groups in total. The average Bonchev–Trinajstić information content (AvgIpc) is 2.46. The number of rotatable bonds is 4. The van der Waals surface area contributed by atoms with Gasteiger partial charge in [0, 0.05) is 24.8 Å². The molecular formula is C16H17FN2O. The Morgan fingerprint density at radius 1 is 1.15 bits per heavy atom. The summed E-state index contributed by atoms with van der Waals surface area (Å²) in [6.07, 6.45) is 0.490. The number of hydrogen-bond donors (Lipinski definition) is 1. The number of carbonyl (C=O) groups is 1. The Bertz CT molecular complexity index is 596. The monoisotopic (exact) mass is 272 g/mol. The van der Waals surface area contributed by atoms with Gasteiger partial charge in [0.25, 0.3) is 5.91 Å². The fraction of sp³-hybridized carbons (Fsp3) is 0.188. The topological polar surface area (TPSA) is 46.3 Å². The molecule has 0 spiro atoms. The first-order valence-electron chi connectivity index (χ1n) is 6.42. The van der Waals surface area contributed by atoms with Gasteiger partial charge in [0.1, 0.15) is 5.82 Å². The summed E-state index contributed by atoms with van der Waals surface area (Å²) in [6.45, 7) is 0.462. The zero-order valence-corrected chi connectivity index (χ0v) is 11.3.